The zero-order valence-corrected chi connectivity index (χ0v) is 21.5. The Hall–Kier alpha value is -3.88. The summed E-state index contributed by atoms with van der Waals surface area (Å²) < 4.78 is 12.1. The molecule has 1 aromatic heterocycles. The van der Waals surface area contributed by atoms with Crippen molar-refractivity contribution >= 4 is 55.7 Å². The van der Waals surface area contributed by atoms with Crippen molar-refractivity contribution in [3.8, 4) is 11.5 Å². The molecule has 1 amide bonds. The molecule has 6 rings (SSSR count). The van der Waals surface area contributed by atoms with Gasteiger partial charge in [-0.2, -0.15) is 0 Å². The van der Waals surface area contributed by atoms with Crippen LogP contribution >= 0.6 is 22.9 Å². The van der Waals surface area contributed by atoms with Gasteiger partial charge in [-0.3, -0.25) is 14.5 Å². The monoisotopic (exact) mass is 532 g/mol. The Morgan fingerprint density at radius 1 is 1.03 bits per heavy atom. The molecule has 0 spiro atoms. The number of aliphatic hydroxyl groups is 1. The molecule has 186 valence electrons. The number of carbonyl (C=O) groups is 2. The summed E-state index contributed by atoms with van der Waals surface area (Å²) in [5.74, 6) is -0.833. The number of hydrogen-bond donors (Lipinski definition) is 1. The van der Waals surface area contributed by atoms with Gasteiger partial charge in [-0.05, 0) is 66.9 Å². The van der Waals surface area contributed by atoms with Gasteiger partial charge >= 0.3 is 5.91 Å². The molecule has 7 nitrogen and oxygen atoms in total. The molecule has 0 saturated carbocycles. The Bertz CT molecular complexity index is 1630. The van der Waals surface area contributed by atoms with Crippen LogP contribution in [0.1, 0.15) is 28.3 Å². The smallest absolute Gasteiger partial charge is 0.301 e. The third kappa shape index (κ3) is 3.93. The summed E-state index contributed by atoms with van der Waals surface area (Å²) in [5, 5.41) is 12.3. The van der Waals surface area contributed by atoms with E-state index in [1.807, 2.05) is 26.0 Å². The predicted molar refractivity (Wildman–Crippen MR) is 143 cm³/mol. The third-order valence-corrected chi connectivity index (χ3v) is 7.72. The Morgan fingerprint density at radius 3 is 2.51 bits per heavy atom. The van der Waals surface area contributed by atoms with E-state index in [1.165, 1.54) is 16.2 Å². The molecule has 0 radical (unpaired) electrons. The van der Waals surface area contributed by atoms with E-state index < -0.39 is 17.7 Å². The van der Waals surface area contributed by atoms with Crippen molar-refractivity contribution in [2.24, 2.45) is 0 Å². The number of rotatable bonds is 3. The van der Waals surface area contributed by atoms with Gasteiger partial charge in [-0.25, -0.2) is 4.98 Å². The van der Waals surface area contributed by atoms with Crippen molar-refractivity contribution in [3.63, 3.8) is 0 Å². The van der Waals surface area contributed by atoms with Crippen LogP contribution in [0, 0.1) is 13.8 Å². The van der Waals surface area contributed by atoms with E-state index in [0.717, 1.165) is 21.3 Å². The molecule has 3 aromatic carbocycles. The number of aliphatic hydroxyl groups excluding tert-OH is 1. The van der Waals surface area contributed by atoms with Crippen LogP contribution < -0.4 is 14.4 Å². The fourth-order valence-electron chi connectivity index (χ4n) is 4.80. The minimum Gasteiger partial charge on any atom is -0.507 e. The summed E-state index contributed by atoms with van der Waals surface area (Å²) in [6.07, 6.45) is 0. The van der Waals surface area contributed by atoms with Gasteiger partial charge in [0, 0.05) is 10.6 Å². The maximum atomic E-state index is 13.5. The van der Waals surface area contributed by atoms with Crippen molar-refractivity contribution in [1.82, 2.24) is 4.98 Å². The number of amides is 1. The Kier molecular flexibility index (Phi) is 5.66. The number of Topliss-reactive ketones (excluding diaryl/α,β-unsaturated/α-hetero) is 1. The van der Waals surface area contributed by atoms with Crippen LogP contribution in [0.3, 0.4) is 0 Å². The largest absolute Gasteiger partial charge is 0.507 e. The van der Waals surface area contributed by atoms with Gasteiger partial charge in [-0.15, -0.1) is 0 Å². The molecule has 2 aliphatic rings. The van der Waals surface area contributed by atoms with E-state index in [1.54, 1.807) is 42.5 Å². The fourth-order valence-corrected chi connectivity index (χ4v) is 6.09. The van der Waals surface area contributed by atoms with Crippen LogP contribution in [0.2, 0.25) is 5.02 Å². The van der Waals surface area contributed by atoms with E-state index in [9.17, 15) is 14.7 Å². The third-order valence-electron chi connectivity index (χ3n) is 6.47. The van der Waals surface area contributed by atoms with Gasteiger partial charge in [0.2, 0.25) is 0 Å². The van der Waals surface area contributed by atoms with Gasteiger partial charge in [-0.1, -0.05) is 41.1 Å². The van der Waals surface area contributed by atoms with Crippen LogP contribution in [0.4, 0.5) is 5.13 Å². The van der Waals surface area contributed by atoms with Crippen molar-refractivity contribution < 1.29 is 24.2 Å². The lowest BCUT2D eigenvalue weighted by molar-refractivity contribution is -0.132. The van der Waals surface area contributed by atoms with E-state index in [-0.39, 0.29) is 11.3 Å². The van der Waals surface area contributed by atoms with Crippen LogP contribution in [0.15, 0.2) is 60.2 Å². The number of benzene rings is 3. The highest BCUT2D eigenvalue weighted by atomic mass is 35.5. The normalized spacial score (nSPS) is 18.6. The van der Waals surface area contributed by atoms with Crippen molar-refractivity contribution in [2.45, 2.75) is 19.9 Å². The first-order valence-corrected chi connectivity index (χ1v) is 12.9. The number of aryl methyl sites for hydroxylation is 2. The molecule has 9 heteroatoms. The minimum absolute atomic E-state index is 0.0313. The number of aromatic nitrogens is 1. The second-order valence-corrected chi connectivity index (χ2v) is 10.4. The number of hydrogen-bond acceptors (Lipinski definition) is 7. The Balaban J connectivity index is 1.55. The molecule has 0 bridgehead atoms. The lowest BCUT2D eigenvalue weighted by Gasteiger charge is -2.23. The zero-order valence-electron chi connectivity index (χ0n) is 19.9. The summed E-state index contributed by atoms with van der Waals surface area (Å²) in [7, 11) is 0. The van der Waals surface area contributed by atoms with Crippen molar-refractivity contribution in [3.05, 3.63) is 87.4 Å². The van der Waals surface area contributed by atoms with Crippen molar-refractivity contribution in [1.29, 1.82) is 0 Å². The number of anilines is 1. The number of fused-ring (bicyclic) bond motifs is 2. The average molecular weight is 533 g/mol. The standard InChI is InChI=1S/C28H21ClN2O5S/c1-14-11-15(2)23-21(12-14)37-28(30-23)31-24(16-3-6-18(29)7-4-16)22(26(33)27(31)34)25(32)17-5-8-19-20(13-17)36-10-9-35-19/h3-8,11-13,24,32H,9-10H2,1-2H3/b25-22-. The highest BCUT2D eigenvalue weighted by molar-refractivity contribution is 7.22. The molecular formula is C28H21ClN2O5S. The number of thiazole rings is 1. The lowest BCUT2D eigenvalue weighted by atomic mass is 9.95. The summed E-state index contributed by atoms with van der Waals surface area (Å²) in [5.41, 5.74) is 3.76. The Morgan fingerprint density at radius 2 is 1.76 bits per heavy atom. The number of ether oxygens (including phenoxy) is 2. The SMILES string of the molecule is Cc1cc(C)c2nc(N3C(=O)C(=O)/C(=C(\O)c4ccc5c(c4)OCCO5)C3c3ccc(Cl)cc3)sc2c1. The molecule has 37 heavy (non-hydrogen) atoms. The number of nitrogens with zero attached hydrogens (tertiary/aromatic N) is 2. The van der Waals surface area contributed by atoms with E-state index >= 15 is 0 Å². The highest BCUT2D eigenvalue weighted by Crippen LogP contribution is 2.45. The lowest BCUT2D eigenvalue weighted by Crippen LogP contribution is -2.29. The molecule has 1 N–H and O–H groups in total. The zero-order chi connectivity index (χ0) is 25.8. The molecule has 3 heterocycles. The first kappa shape index (κ1) is 23.5. The van der Waals surface area contributed by atoms with Crippen LogP contribution in [-0.2, 0) is 9.59 Å². The minimum atomic E-state index is -0.896. The predicted octanol–water partition coefficient (Wildman–Crippen LogP) is 5.96. The quantitative estimate of drug-likeness (QED) is 0.199. The van der Waals surface area contributed by atoms with Gasteiger partial charge in [0.15, 0.2) is 16.6 Å². The maximum Gasteiger partial charge on any atom is 0.301 e. The molecule has 4 aromatic rings. The summed E-state index contributed by atoms with van der Waals surface area (Å²) in [4.78, 5) is 33.1. The van der Waals surface area contributed by atoms with Crippen LogP contribution in [-0.4, -0.2) is 35.0 Å². The Labute approximate surface area is 221 Å². The first-order valence-electron chi connectivity index (χ1n) is 11.7. The molecule has 1 unspecified atom stereocenters. The van der Waals surface area contributed by atoms with Gasteiger partial charge < -0.3 is 14.6 Å². The number of ketones is 1. The molecule has 1 atom stereocenters. The fraction of sp³-hybridized carbons (Fsp3) is 0.179. The highest BCUT2D eigenvalue weighted by Gasteiger charge is 2.48. The van der Waals surface area contributed by atoms with E-state index in [0.29, 0.717) is 46.0 Å². The average Bonchev–Trinajstić information content (AvgIpc) is 3.42. The number of halogens is 1. The topological polar surface area (TPSA) is 89.0 Å². The van der Waals surface area contributed by atoms with Crippen LogP contribution in [0.25, 0.3) is 16.0 Å². The van der Waals surface area contributed by atoms with Gasteiger partial charge in [0.25, 0.3) is 5.78 Å². The van der Waals surface area contributed by atoms with E-state index in [2.05, 4.69) is 0 Å². The molecule has 2 aliphatic heterocycles. The maximum absolute atomic E-state index is 13.5. The summed E-state index contributed by atoms with van der Waals surface area (Å²) in [6, 6.07) is 14.9. The molecule has 1 fully saturated rings. The van der Waals surface area contributed by atoms with Crippen LogP contribution in [0.5, 0.6) is 11.5 Å². The molecule has 0 aliphatic carbocycles. The van der Waals surface area contributed by atoms with Gasteiger partial charge in [0.1, 0.15) is 19.0 Å². The summed E-state index contributed by atoms with van der Waals surface area (Å²) in [6.45, 7) is 4.77. The first-order chi connectivity index (χ1) is 17.8. The second-order valence-electron chi connectivity index (χ2n) is 9.00. The van der Waals surface area contributed by atoms with Gasteiger partial charge in [0.05, 0.1) is 21.8 Å². The second kappa shape index (κ2) is 8.90. The van der Waals surface area contributed by atoms with Crippen molar-refractivity contribution in [2.75, 3.05) is 18.1 Å². The molecular weight excluding hydrogens is 512 g/mol. The van der Waals surface area contributed by atoms with E-state index in [4.69, 9.17) is 26.1 Å². The molecule has 1 saturated heterocycles. The summed E-state index contributed by atoms with van der Waals surface area (Å²) >= 11 is 7.47. The number of carbonyl (C=O) groups excluding carboxylic acids is 2.